The highest BCUT2D eigenvalue weighted by atomic mass is 19.1. The molecule has 1 saturated heterocycles. The third-order valence-electron chi connectivity index (χ3n) is 5.21. The van der Waals surface area contributed by atoms with Crippen molar-refractivity contribution in [2.24, 2.45) is 5.92 Å². The normalized spacial score (nSPS) is 17.5. The lowest BCUT2D eigenvalue weighted by Crippen LogP contribution is -2.36. The predicted molar refractivity (Wildman–Crippen MR) is 106 cm³/mol. The summed E-state index contributed by atoms with van der Waals surface area (Å²) in [6.45, 7) is 4.60. The van der Waals surface area contributed by atoms with E-state index in [0.29, 0.717) is 24.6 Å². The molecule has 0 radical (unpaired) electrons. The number of para-hydroxylation sites is 2. The minimum atomic E-state index is -0.421. The molecule has 0 spiro atoms. The molecule has 0 aliphatic carbocycles. The average Bonchev–Trinajstić information content (AvgIpc) is 3.09. The summed E-state index contributed by atoms with van der Waals surface area (Å²) >= 11 is 0. The first kappa shape index (κ1) is 19.9. The molecule has 5 nitrogen and oxygen atoms in total. The molecule has 0 saturated carbocycles. The van der Waals surface area contributed by atoms with Crippen molar-refractivity contribution in [3.05, 3.63) is 59.9 Å². The average molecular weight is 384 g/mol. The lowest BCUT2D eigenvalue weighted by atomic mass is 10.0. The Morgan fingerprint density at radius 1 is 1.25 bits per heavy atom. The summed E-state index contributed by atoms with van der Waals surface area (Å²) in [6, 6.07) is 13.3. The van der Waals surface area contributed by atoms with Crippen LogP contribution in [-0.2, 0) is 9.59 Å². The van der Waals surface area contributed by atoms with Gasteiger partial charge in [0.2, 0.25) is 11.8 Å². The van der Waals surface area contributed by atoms with Crippen LogP contribution in [0.1, 0.15) is 31.9 Å². The van der Waals surface area contributed by atoms with Gasteiger partial charge in [0.05, 0.1) is 24.3 Å². The molecule has 2 amide bonds. The summed E-state index contributed by atoms with van der Waals surface area (Å²) in [7, 11) is 1.72. The molecule has 0 aromatic heterocycles. The molecule has 2 aromatic carbocycles. The SMILES string of the molecule is CCOc1ccccc1N1CC(C(=O)N(C)C(C)c2ccc(F)cc2)CC1=O. The number of rotatable bonds is 6. The zero-order valence-corrected chi connectivity index (χ0v) is 16.4. The summed E-state index contributed by atoms with van der Waals surface area (Å²) in [6.07, 6.45) is 0.166. The first-order valence-corrected chi connectivity index (χ1v) is 9.46. The van der Waals surface area contributed by atoms with Crippen LogP contribution in [0.15, 0.2) is 48.5 Å². The molecule has 1 fully saturated rings. The molecule has 2 unspecified atom stereocenters. The van der Waals surface area contributed by atoms with Crippen LogP contribution in [0, 0.1) is 11.7 Å². The Bertz CT molecular complexity index is 853. The summed E-state index contributed by atoms with van der Waals surface area (Å²) in [5.74, 6) is -0.278. The van der Waals surface area contributed by atoms with E-state index in [1.165, 1.54) is 12.1 Å². The van der Waals surface area contributed by atoms with E-state index in [0.717, 1.165) is 5.56 Å². The third-order valence-corrected chi connectivity index (χ3v) is 5.21. The second kappa shape index (κ2) is 8.42. The van der Waals surface area contributed by atoms with Gasteiger partial charge in [-0.2, -0.15) is 0 Å². The number of ether oxygens (including phenoxy) is 1. The topological polar surface area (TPSA) is 49.9 Å². The summed E-state index contributed by atoms with van der Waals surface area (Å²) in [5.41, 5.74) is 1.54. The fourth-order valence-corrected chi connectivity index (χ4v) is 3.51. The first-order chi connectivity index (χ1) is 13.4. The van der Waals surface area contributed by atoms with E-state index in [4.69, 9.17) is 4.74 Å². The number of hydrogen-bond acceptors (Lipinski definition) is 3. The molecule has 6 heteroatoms. The summed E-state index contributed by atoms with van der Waals surface area (Å²) in [5, 5.41) is 0. The van der Waals surface area contributed by atoms with Crippen molar-refractivity contribution >= 4 is 17.5 Å². The van der Waals surface area contributed by atoms with E-state index in [9.17, 15) is 14.0 Å². The van der Waals surface area contributed by atoms with E-state index < -0.39 is 5.92 Å². The number of benzene rings is 2. The number of halogens is 1. The Morgan fingerprint density at radius 2 is 1.93 bits per heavy atom. The van der Waals surface area contributed by atoms with Crippen LogP contribution < -0.4 is 9.64 Å². The molecule has 0 bridgehead atoms. The number of carbonyl (C=O) groups is 2. The minimum Gasteiger partial charge on any atom is -0.492 e. The van der Waals surface area contributed by atoms with Crippen LogP contribution in [0.3, 0.4) is 0 Å². The number of nitrogens with zero attached hydrogens (tertiary/aromatic N) is 2. The van der Waals surface area contributed by atoms with E-state index in [-0.39, 0.29) is 30.1 Å². The van der Waals surface area contributed by atoms with E-state index in [2.05, 4.69) is 0 Å². The Hall–Kier alpha value is -2.89. The van der Waals surface area contributed by atoms with E-state index in [1.54, 1.807) is 29.0 Å². The fraction of sp³-hybridized carbons (Fsp3) is 0.364. The third kappa shape index (κ3) is 4.01. The van der Waals surface area contributed by atoms with Crippen molar-refractivity contribution in [3.63, 3.8) is 0 Å². The zero-order valence-electron chi connectivity index (χ0n) is 16.4. The smallest absolute Gasteiger partial charge is 0.228 e. The fourth-order valence-electron chi connectivity index (χ4n) is 3.51. The van der Waals surface area contributed by atoms with Crippen LogP contribution in [0.25, 0.3) is 0 Å². The molecular formula is C22H25FN2O3. The standard InChI is InChI=1S/C22H25FN2O3/c1-4-28-20-8-6-5-7-19(20)25-14-17(13-21(25)26)22(27)24(3)15(2)16-9-11-18(23)12-10-16/h5-12,15,17H,4,13-14H2,1-3H3. The van der Waals surface area contributed by atoms with Gasteiger partial charge >= 0.3 is 0 Å². The van der Waals surface area contributed by atoms with Gasteiger partial charge in [0.25, 0.3) is 0 Å². The highest BCUT2D eigenvalue weighted by Gasteiger charge is 2.38. The molecule has 0 N–H and O–H groups in total. The maximum absolute atomic E-state index is 13.2. The first-order valence-electron chi connectivity index (χ1n) is 9.46. The van der Waals surface area contributed by atoms with Gasteiger partial charge in [-0.15, -0.1) is 0 Å². The maximum Gasteiger partial charge on any atom is 0.228 e. The zero-order chi connectivity index (χ0) is 20.3. The monoisotopic (exact) mass is 384 g/mol. The highest BCUT2D eigenvalue weighted by Crippen LogP contribution is 2.34. The van der Waals surface area contributed by atoms with Crippen molar-refractivity contribution < 1.29 is 18.7 Å². The van der Waals surface area contributed by atoms with Crippen molar-refractivity contribution in [2.75, 3.05) is 25.1 Å². The molecule has 3 rings (SSSR count). The van der Waals surface area contributed by atoms with Crippen LogP contribution in [0.4, 0.5) is 10.1 Å². The van der Waals surface area contributed by atoms with Crippen LogP contribution in [0.5, 0.6) is 5.75 Å². The maximum atomic E-state index is 13.2. The number of amides is 2. The summed E-state index contributed by atoms with van der Waals surface area (Å²) in [4.78, 5) is 28.9. The van der Waals surface area contributed by atoms with Crippen molar-refractivity contribution in [3.8, 4) is 5.75 Å². The molecule has 1 aliphatic rings. The van der Waals surface area contributed by atoms with Gasteiger partial charge in [0.1, 0.15) is 11.6 Å². The van der Waals surface area contributed by atoms with Gasteiger partial charge in [-0.3, -0.25) is 9.59 Å². The number of anilines is 1. The molecule has 2 atom stereocenters. The minimum absolute atomic E-state index is 0.0895. The lowest BCUT2D eigenvalue weighted by molar-refractivity contribution is -0.136. The van der Waals surface area contributed by atoms with Crippen molar-refractivity contribution in [2.45, 2.75) is 26.3 Å². The van der Waals surface area contributed by atoms with Gasteiger partial charge in [-0.1, -0.05) is 24.3 Å². The van der Waals surface area contributed by atoms with Crippen molar-refractivity contribution in [1.29, 1.82) is 0 Å². The van der Waals surface area contributed by atoms with Gasteiger partial charge in [-0.05, 0) is 43.7 Å². The van der Waals surface area contributed by atoms with Crippen LogP contribution in [0.2, 0.25) is 0 Å². The van der Waals surface area contributed by atoms with Crippen LogP contribution >= 0.6 is 0 Å². The lowest BCUT2D eigenvalue weighted by Gasteiger charge is -2.28. The van der Waals surface area contributed by atoms with Gasteiger partial charge in [0, 0.05) is 20.0 Å². The number of carbonyl (C=O) groups excluding carboxylic acids is 2. The Morgan fingerprint density at radius 3 is 2.61 bits per heavy atom. The quantitative estimate of drug-likeness (QED) is 0.761. The van der Waals surface area contributed by atoms with E-state index >= 15 is 0 Å². The Labute approximate surface area is 164 Å². The van der Waals surface area contributed by atoms with Crippen LogP contribution in [-0.4, -0.2) is 36.9 Å². The van der Waals surface area contributed by atoms with Gasteiger partial charge in [-0.25, -0.2) is 4.39 Å². The molecule has 28 heavy (non-hydrogen) atoms. The second-order valence-electron chi connectivity index (χ2n) is 6.98. The Kier molecular flexibility index (Phi) is 5.97. The molecule has 2 aromatic rings. The highest BCUT2D eigenvalue weighted by molar-refractivity contribution is 6.01. The molecule has 1 aliphatic heterocycles. The second-order valence-corrected chi connectivity index (χ2v) is 6.98. The molecule has 1 heterocycles. The number of hydrogen-bond donors (Lipinski definition) is 0. The largest absolute Gasteiger partial charge is 0.492 e. The van der Waals surface area contributed by atoms with Gasteiger partial charge < -0.3 is 14.5 Å². The van der Waals surface area contributed by atoms with Gasteiger partial charge in [0.15, 0.2) is 0 Å². The summed E-state index contributed by atoms with van der Waals surface area (Å²) < 4.78 is 18.8. The molecule has 148 valence electrons. The van der Waals surface area contributed by atoms with E-state index in [1.807, 2.05) is 38.1 Å². The predicted octanol–water partition coefficient (Wildman–Crippen LogP) is 3.80. The van der Waals surface area contributed by atoms with Crippen molar-refractivity contribution in [1.82, 2.24) is 4.90 Å². The molecular weight excluding hydrogens is 359 g/mol. The Balaban J connectivity index is 1.74.